The van der Waals surface area contributed by atoms with Gasteiger partial charge < -0.3 is 24.8 Å². The zero-order valence-electron chi connectivity index (χ0n) is 22.5. The van der Waals surface area contributed by atoms with Gasteiger partial charge in [0.15, 0.2) is 0 Å². The predicted molar refractivity (Wildman–Crippen MR) is 159 cm³/mol. The molecule has 7 rings (SSSR count). The minimum Gasteiger partial charge on any atom is -0.475 e. The number of halogens is 1. The van der Waals surface area contributed by atoms with Gasteiger partial charge in [0, 0.05) is 71.0 Å². The van der Waals surface area contributed by atoms with E-state index in [0.717, 1.165) is 54.9 Å². The summed E-state index contributed by atoms with van der Waals surface area (Å²) >= 11 is 3.80. The molecule has 1 aromatic heterocycles. The molecule has 3 fully saturated rings. The number of hydrogen-bond acceptors (Lipinski definition) is 7. The van der Waals surface area contributed by atoms with Crippen LogP contribution in [0.3, 0.4) is 0 Å². The maximum Gasteiger partial charge on any atom is 0.234 e. The van der Waals surface area contributed by atoms with Gasteiger partial charge in [-0.25, -0.2) is 0 Å². The largest absolute Gasteiger partial charge is 0.475 e. The Hall–Kier alpha value is -2.86. The van der Waals surface area contributed by atoms with Crippen LogP contribution < -0.4 is 19.9 Å². The lowest BCUT2D eigenvalue weighted by atomic mass is 9.94. The molecule has 8 heteroatoms. The number of nitriles is 1. The number of aromatic nitrogens is 1. The number of likely N-dealkylation sites (tertiary alicyclic amines) is 1. The summed E-state index contributed by atoms with van der Waals surface area (Å²) < 4.78 is 7.55. The summed E-state index contributed by atoms with van der Waals surface area (Å²) in [6.45, 7) is 5.22. The molecule has 7 nitrogen and oxygen atoms in total. The zero-order valence-corrected chi connectivity index (χ0v) is 24.1. The molecule has 2 bridgehead atoms. The maximum atomic E-state index is 10.5. The number of anilines is 2. The third kappa shape index (κ3) is 4.35. The molecule has 5 heterocycles. The molecule has 0 saturated carbocycles. The number of nitrogens with zero attached hydrogens (tertiary/aromatic N) is 5. The Balaban J connectivity index is 1.31. The molecule has 0 aliphatic carbocycles. The van der Waals surface area contributed by atoms with E-state index in [1.165, 1.54) is 41.3 Å². The minimum atomic E-state index is 0.373. The van der Waals surface area contributed by atoms with Gasteiger partial charge in [0.25, 0.3) is 0 Å². The summed E-state index contributed by atoms with van der Waals surface area (Å²) in [7, 11) is 2.16. The van der Waals surface area contributed by atoms with E-state index in [1.54, 1.807) is 0 Å². The van der Waals surface area contributed by atoms with Crippen LogP contribution in [-0.2, 0) is 13.0 Å². The topological polar surface area (TPSA) is 67.7 Å². The first kappa shape index (κ1) is 25.1. The van der Waals surface area contributed by atoms with Gasteiger partial charge in [0.2, 0.25) is 5.88 Å². The molecule has 202 valence electrons. The lowest BCUT2D eigenvalue weighted by Gasteiger charge is -2.40. The second-order valence-corrected chi connectivity index (χ2v) is 12.4. The highest BCUT2D eigenvalue weighted by Gasteiger charge is 2.40. The van der Waals surface area contributed by atoms with Crippen LogP contribution in [0.5, 0.6) is 5.88 Å². The average Bonchev–Trinajstić information content (AvgIpc) is 3.48. The molecule has 2 aromatic carbocycles. The van der Waals surface area contributed by atoms with Crippen molar-refractivity contribution >= 4 is 38.2 Å². The molecule has 0 radical (unpaired) electrons. The van der Waals surface area contributed by atoms with Crippen molar-refractivity contribution in [2.45, 2.75) is 56.8 Å². The lowest BCUT2D eigenvalue weighted by molar-refractivity contribution is 0.192. The molecule has 0 amide bonds. The number of fused-ring (bicyclic) bond motifs is 4. The van der Waals surface area contributed by atoms with Crippen molar-refractivity contribution < 1.29 is 4.74 Å². The van der Waals surface area contributed by atoms with E-state index in [0.29, 0.717) is 42.7 Å². The van der Waals surface area contributed by atoms with Gasteiger partial charge in [-0.2, -0.15) is 10.2 Å². The van der Waals surface area contributed by atoms with E-state index in [-0.39, 0.29) is 0 Å². The number of hydrogen-bond donors (Lipinski definition) is 1. The number of nitrogens with one attached hydrogen (secondary N) is 1. The van der Waals surface area contributed by atoms with Crippen molar-refractivity contribution in [2.75, 3.05) is 49.6 Å². The minimum absolute atomic E-state index is 0.373. The third-order valence-electron chi connectivity index (χ3n) is 9.33. The normalized spacial score (nSPS) is 24.7. The van der Waals surface area contributed by atoms with Crippen LogP contribution in [0.1, 0.15) is 42.4 Å². The van der Waals surface area contributed by atoms with E-state index in [1.807, 2.05) is 0 Å². The Morgan fingerprint density at radius 2 is 1.87 bits per heavy atom. The van der Waals surface area contributed by atoms with Crippen molar-refractivity contribution in [1.29, 1.82) is 5.26 Å². The highest BCUT2D eigenvalue weighted by Crippen LogP contribution is 2.42. The average molecular weight is 588 g/mol. The molecular weight excluding hydrogens is 552 g/mol. The Morgan fingerprint density at radius 1 is 1.08 bits per heavy atom. The second-order valence-electron chi connectivity index (χ2n) is 11.5. The van der Waals surface area contributed by atoms with Gasteiger partial charge in [0.1, 0.15) is 24.1 Å². The first-order valence-electron chi connectivity index (χ1n) is 14.3. The Bertz CT molecular complexity index is 1430. The predicted octanol–water partition coefficient (Wildman–Crippen LogP) is 4.85. The SMILES string of the molecule is CN1CCC[C@H]1COc1nc(N2[C@@H]3CC[C@H]2CNC3)c2c(c1C#N)CN(c1cccc3cccc(Br)c13)CC2. The van der Waals surface area contributed by atoms with Crippen LogP contribution in [0, 0.1) is 11.3 Å². The smallest absolute Gasteiger partial charge is 0.234 e. The van der Waals surface area contributed by atoms with E-state index in [9.17, 15) is 5.26 Å². The first-order chi connectivity index (χ1) is 19.1. The quantitative estimate of drug-likeness (QED) is 0.458. The monoisotopic (exact) mass is 586 g/mol. The Labute approximate surface area is 238 Å². The first-order valence-corrected chi connectivity index (χ1v) is 15.1. The summed E-state index contributed by atoms with van der Waals surface area (Å²) in [6, 6.07) is 16.7. The molecule has 1 N–H and O–H groups in total. The summed E-state index contributed by atoms with van der Waals surface area (Å²) in [5, 5.41) is 16.5. The summed E-state index contributed by atoms with van der Waals surface area (Å²) in [4.78, 5) is 12.5. The highest BCUT2D eigenvalue weighted by molar-refractivity contribution is 9.10. The van der Waals surface area contributed by atoms with Crippen LogP contribution in [0.4, 0.5) is 11.5 Å². The third-order valence-corrected chi connectivity index (χ3v) is 9.99. The zero-order chi connectivity index (χ0) is 26.5. The molecule has 3 saturated heterocycles. The van der Waals surface area contributed by atoms with Gasteiger partial charge in [-0.15, -0.1) is 0 Å². The maximum absolute atomic E-state index is 10.5. The van der Waals surface area contributed by atoms with Crippen LogP contribution in [0.2, 0.25) is 0 Å². The lowest BCUT2D eigenvalue weighted by Crippen LogP contribution is -2.53. The van der Waals surface area contributed by atoms with Gasteiger partial charge >= 0.3 is 0 Å². The molecule has 3 aromatic rings. The summed E-state index contributed by atoms with van der Waals surface area (Å²) in [5.41, 5.74) is 4.14. The highest BCUT2D eigenvalue weighted by atomic mass is 79.9. The fraction of sp³-hybridized carbons (Fsp3) is 0.484. The molecule has 0 spiro atoms. The molecule has 4 aliphatic heterocycles. The number of ether oxygens (including phenoxy) is 1. The van der Waals surface area contributed by atoms with E-state index in [2.05, 4.69) is 85.5 Å². The van der Waals surface area contributed by atoms with Crippen molar-refractivity contribution in [1.82, 2.24) is 15.2 Å². The van der Waals surface area contributed by atoms with Gasteiger partial charge in [-0.1, -0.05) is 40.2 Å². The Morgan fingerprint density at radius 3 is 2.62 bits per heavy atom. The van der Waals surface area contributed by atoms with Gasteiger partial charge in [-0.3, -0.25) is 0 Å². The number of rotatable bonds is 5. The second kappa shape index (κ2) is 10.3. The van der Waals surface area contributed by atoms with Gasteiger partial charge in [-0.05, 0) is 63.2 Å². The van der Waals surface area contributed by atoms with Crippen LogP contribution >= 0.6 is 15.9 Å². The van der Waals surface area contributed by atoms with E-state index in [4.69, 9.17) is 9.72 Å². The van der Waals surface area contributed by atoms with E-state index < -0.39 is 0 Å². The molecular formula is C31H35BrN6O. The number of piperazine rings is 1. The number of likely N-dealkylation sites (N-methyl/N-ethyl adjacent to an activating group) is 1. The molecule has 4 aliphatic rings. The summed E-state index contributed by atoms with van der Waals surface area (Å²) in [5.74, 6) is 1.58. The molecule has 0 unspecified atom stereocenters. The fourth-order valence-corrected chi connectivity index (χ4v) is 7.84. The standard InChI is InChI=1S/C31H35BrN6O/c1-36-13-4-7-23(36)19-39-31-25(15-33)26-18-37(28-9-3-6-20-5-2-8-27(32)29(20)28)14-12-24(26)30(35-31)38-21-10-11-22(38)17-34-16-21/h2-3,5-6,8-9,21-23,34H,4,7,10-14,16-19H2,1H3/t21-,22+,23-/m0/s1. The molecule has 3 atom stereocenters. The Kier molecular flexibility index (Phi) is 6.62. The van der Waals surface area contributed by atoms with Crippen LogP contribution in [0.25, 0.3) is 10.8 Å². The van der Waals surface area contributed by atoms with E-state index >= 15 is 0 Å². The number of benzene rings is 2. The van der Waals surface area contributed by atoms with Crippen molar-refractivity contribution in [2.24, 2.45) is 0 Å². The van der Waals surface area contributed by atoms with Crippen LogP contribution in [-0.4, -0.2) is 67.8 Å². The van der Waals surface area contributed by atoms with Crippen molar-refractivity contribution in [3.8, 4) is 11.9 Å². The molecule has 39 heavy (non-hydrogen) atoms. The van der Waals surface area contributed by atoms with Crippen LogP contribution in [0.15, 0.2) is 40.9 Å². The van der Waals surface area contributed by atoms with Crippen molar-refractivity contribution in [3.05, 3.63) is 57.6 Å². The van der Waals surface area contributed by atoms with Crippen molar-refractivity contribution in [3.63, 3.8) is 0 Å². The van der Waals surface area contributed by atoms with Gasteiger partial charge in [0.05, 0.1) is 0 Å². The number of pyridine rings is 1. The summed E-state index contributed by atoms with van der Waals surface area (Å²) in [6.07, 6.45) is 5.56. The fourth-order valence-electron chi connectivity index (χ4n) is 7.26.